The summed E-state index contributed by atoms with van der Waals surface area (Å²) in [6.07, 6.45) is -0.122. The van der Waals surface area contributed by atoms with Crippen molar-refractivity contribution in [2.75, 3.05) is 0 Å². The van der Waals surface area contributed by atoms with Crippen LogP contribution >= 0.6 is 0 Å². The van der Waals surface area contributed by atoms with Crippen LogP contribution < -0.4 is 0 Å². The summed E-state index contributed by atoms with van der Waals surface area (Å²) >= 11 is 0. The van der Waals surface area contributed by atoms with Crippen LogP contribution in [0.5, 0.6) is 0 Å². The first-order chi connectivity index (χ1) is 5.61. The van der Waals surface area contributed by atoms with E-state index in [0.29, 0.717) is 5.82 Å². The van der Waals surface area contributed by atoms with E-state index in [4.69, 9.17) is 10.2 Å². The second-order valence-corrected chi connectivity index (χ2v) is 2.36. The lowest BCUT2D eigenvalue weighted by molar-refractivity contribution is -0.146. The Morgan fingerprint density at radius 2 is 2.50 bits per heavy atom. The predicted octanol–water partition coefficient (Wildman–Crippen LogP) is -1.20. The van der Waals surface area contributed by atoms with Gasteiger partial charge in [0.15, 0.2) is 6.10 Å². The number of rotatable bonds is 3. The SMILES string of the molecule is Cn1ncnc1CC(O)C(=O)O. The Kier molecular flexibility index (Phi) is 2.39. The van der Waals surface area contributed by atoms with Crippen LogP contribution in [0.2, 0.25) is 0 Å². The highest BCUT2D eigenvalue weighted by atomic mass is 16.4. The molecule has 0 aliphatic rings. The van der Waals surface area contributed by atoms with E-state index in [-0.39, 0.29) is 6.42 Å². The molecule has 1 aromatic heterocycles. The molecule has 1 rings (SSSR count). The normalized spacial score (nSPS) is 12.8. The summed E-state index contributed by atoms with van der Waals surface area (Å²) in [6, 6.07) is 0. The molecule has 0 amide bonds. The summed E-state index contributed by atoms with van der Waals surface area (Å²) in [5.41, 5.74) is 0. The maximum Gasteiger partial charge on any atom is 0.332 e. The van der Waals surface area contributed by atoms with E-state index in [9.17, 15) is 4.79 Å². The molecule has 0 saturated carbocycles. The van der Waals surface area contributed by atoms with Gasteiger partial charge in [-0.3, -0.25) is 4.68 Å². The third-order valence-corrected chi connectivity index (χ3v) is 1.47. The summed E-state index contributed by atoms with van der Waals surface area (Å²) in [7, 11) is 1.64. The Balaban J connectivity index is 2.64. The van der Waals surface area contributed by atoms with Gasteiger partial charge in [0.2, 0.25) is 0 Å². The van der Waals surface area contributed by atoms with Gasteiger partial charge >= 0.3 is 5.97 Å². The summed E-state index contributed by atoms with van der Waals surface area (Å²) < 4.78 is 1.42. The zero-order valence-electron chi connectivity index (χ0n) is 6.51. The van der Waals surface area contributed by atoms with Gasteiger partial charge < -0.3 is 10.2 Å². The number of hydrogen-bond donors (Lipinski definition) is 2. The molecule has 0 bridgehead atoms. The molecule has 0 radical (unpaired) electrons. The molecule has 0 aliphatic carbocycles. The van der Waals surface area contributed by atoms with Crippen molar-refractivity contribution < 1.29 is 15.0 Å². The molecule has 6 nitrogen and oxygen atoms in total. The molecule has 1 aromatic rings. The van der Waals surface area contributed by atoms with Gasteiger partial charge in [0, 0.05) is 13.5 Å². The van der Waals surface area contributed by atoms with Gasteiger partial charge in [0.25, 0.3) is 0 Å². The maximum atomic E-state index is 10.2. The van der Waals surface area contributed by atoms with Gasteiger partial charge in [-0.05, 0) is 0 Å². The number of nitrogens with zero attached hydrogens (tertiary/aromatic N) is 3. The smallest absolute Gasteiger partial charge is 0.332 e. The lowest BCUT2D eigenvalue weighted by Gasteiger charge is -2.03. The van der Waals surface area contributed by atoms with Gasteiger partial charge in [-0.1, -0.05) is 0 Å². The topological polar surface area (TPSA) is 88.2 Å². The Bertz CT molecular complexity index is 283. The Labute approximate surface area is 68.5 Å². The fourth-order valence-electron chi connectivity index (χ4n) is 0.765. The molecule has 0 saturated heterocycles. The zero-order valence-corrected chi connectivity index (χ0v) is 6.51. The minimum absolute atomic E-state index is 0.0220. The Morgan fingerprint density at radius 1 is 1.83 bits per heavy atom. The lowest BCUT2D eigenvalue weighted by atomic mass is 10.2. The van der Waals surface area contributed by atoms with Crippen LogP contribution in [0.25, 0.3) is 0 Å². The molecule has 0 fully saturated rings. The molecule has 1 atom stereocenters. The van der Waals surface area contributed by atoms with Gasteiger partial charge in [0.1, 0.15) is 12.2 Å². The molecule has 66 valence electrons. The molecule has 0 aromatic carbocycles. The van der Waals surface area contributed by atoms with Crippen molar-refractivity contribution in [2.45, 2.75) is 12.5 Å². The van der Waals surface area contributed by atoms with E-state index in [0.717, 1.165) is 0 Å². The average Bonchev–Trinajstić information content (AvgIpc) is 2.36. The van der Waals surface area contributed by atoms with Crippen molar-refractivity contribution in [2.24, 2.45) is 7.05 Å². The van der Waals surface area contributed by atoms with Crippen molar-refractivity contribution in [1.29, 1.82) is 0 Å². The van der Waals surface area contributed by atoms with Crippen molar-refractivity contribution in [3.8, 4) is 0 Å². The first-order valence-corrected chi connectivity index (χ1v) is 3.35. The Morgan fingerprint density at radius 3 is 2.92 bits per heavy atom. The quantitative estimate of drug-likeness (QED) is 0.596. The number of carboxylic acids is 1. The molecular weight excluding hydrogens is 162 g/mol. The first-order valence-electron chi connectivity index (χ1n) is 3.35. The minimum atomic E-state index is -1.41. The number of aliphatic hydroxyl groups excluding tert-OH is 1. The van der Waals surface area contributed by atoms with E-state index in [2.05, 4.69) is 10.1 Å². The van der Waals surface area contributed by atoms with Gasteiger partial charge in [-0.15, -0.1) is 0 Å². The summed E-state index contributed by atoms with van der Waals surface area (Å²) in [4.78, 5) is 14.0. The van der Waals surface area contributed by atoms with Crippen LogP contribution in [0, 0.1) is 0 Å². The molecule has 0 spiro atoms. The van der Waals surface area contributed by atoms with Gasteiger partial charge in [0.05, 0.1) is 0 Å². The third kappa shape index (κ3) is 1.79. The largest absolute Gasteiger partial charge is 0.479 e. The molecule has 2 N–H and O–H groups in total. The number of carboxylic acid groups (broad SMARTS) is 1. The third-order valence-electron chi connectivity index (χ3n) is 1.47. The maximum absolute atomic E-state index is 10.2. The van der Waals surface area contributed by atoms with Crippen LogP contribution in [0.4, 0.5) is 0 Å². The van der Waals surface area contributed by atoms with E-state index in [1.807, 2.05) is 0 Å². The number of aliphatic hydroxyl groups is 1. The molecule has 1 unspecified atom stereocenters. The van der Waals surface area contributed by atoms with Crippen LogP contribution in [-0.2, 0) is 18.3 Å². The second kappa shape index (κ2) is 3.31. The summed E-state index contributed by atoms with van der Waals surface area (Å²) in [6.45, 7) is 0. The van der Waals surface area contributed by atoms with E-state index in [1.54, 1.807) is 7.05 Å². The highest BCUT2D eigenvalue weighted by molar-refractivity contribution is 5.72. The fraction of sp³-hybridized carbons (Fsp3) is 0.500. The van der Waals surface area contributed by atoms with Gasteiger partial charge in [-0.25, -0.2) is 9.78 Å². The monoisotopic (exact) mass is 171 g/mol. The summed E-state index contributed by atoms with van der Waals surface area (Å²) in [5, 5.41) is 21.0. The van der Waals surface area contributed by atoms with Crippen LogP contribution in [0.15, 0.2) is 6.33 Å². The number of aryl methyl sites for hydroxylation is 1. The molecule has 6 heteroatoms. The second-order valence-electron chi connectivity index (χ2n) is 2.36. The lowest BCUT2D eigenvalue weighted by Crippen LogP contribution is -2.23. The Hall–Kier alpha value is -1.43. The van der Waals surface area contributed by atoms with Crippen molar-refractivity contribution in [3.63, 3.8) is 0 Å². The predicted molar refractivity (Wildman–Crippen MR) is 38.3 cm³/mol. The summed E-state index contributed by atoms with van der Waals surface area (Å²) in [5.74, 6) is -0.803. The van der Waals surface area contributed by atoms with E-state index in [1.165, 1.54) is 11.0 Å². The first kappa shape index (κ1) is 8.66. The average molecular weight is 171 g/mol. The highest BCUT2D eigenvalue weighted by Crippen LogP contribution is 1.97. The number of carbonyl (C=O) groups is 1. The highest BCUT2D eigenvalue weighted by Gasteiger charge is 2.16. The van der Waals surface area contributed by atoms with Crippen LogP contribution in [0.3, 0.4) is 0 Å². The van der Waals surface area contributed by atoms with Gasteiger partial charge in [-0.2, -0.15) is 5.10 Å². The molecule has 12 heavy (non-hydrogen) atoms. The van der Waals surface area contributed by atoms with Crippen molar-refractivity contribution >= 4 is 5.97 Å². The number of aliphatic carboxylic acids is 1. The zero-order chi connectivity index (χ0) is 9.14. The minimum Gasteiger partial charge on any atom is -0.479 e. The van der Waals surface area contributed by atoms with Crippen molar-refractivity contribution in [1.82, 2.24) is 14.8 Å². The molecular formula is C6H9N3O3. The van der Waals surface area contributed by atoms with E-state index < -0.39 is 12.1 Å². The van der Waals surface area contributed by atoms with Crippen molar-refractivity contribution in [3.05, 3.63) is 12.2 Å². The van der Waals surface area contributed by atoms with Crippen LogP contribution in [-0.4, -0.2) is 37.1 Å². The standard InChI is InChI=1S/C6H9N3O3/c1-9-5(7-3-8-9)2-4(10)6(11)12/h3-4,10H,2H2,1H3,(H,11,12). The molecule has 0 aliphatic heterocycles. The fourth-order valence-corrected chi connectivity index (χ4v) is 0.765. The molecule has 1 heterocycles. The van der Waals surface area contributed by atoms with Crippen LogP contribution in [0.1, 0.15) is 5.82 Å². The number of hydrogen-bond acceptors (Lipinski definition) is 4. The number of aromatic nitrogens is 3. The van der Waals surface area contributed by atoms with E-state index >= 15 is 0 Å².